The van der Waals surface area contributed by atoms with E-state index in [2.05, 4.69) is 5.10 Å². The maximum absolute atomic E-state index is 11.3. The standard InChI is InChI=1S/C9H10N2OS/c1-5-4-13-9-8(7(3)12)6(2)10-11(5)9/h4H,1-3H3. The molecule has 0 aromatic carbocycles. The normalized spacial score (nSPS) is 11.0. The molecule has 13 heavy (non-hydrogen) atoms. The van der Waals surface area contributed by atoms with Crippen LogP contribution >= 0.6 is 11.3 Å². The highest BCUT2D eigenvalue weighted by Gasteiger charge is 2.15. The van der Waals surface area contributed by atoms with Crippen molar-refractivity contribution in [2.75, 3.05) is 0 Å². The smallest absolute Gasteiger partial charge is 0.164 e. The lowest BCUT2D eigenvalue weighted by Crippen LogP contribution is -1.91. The number of rotatable bonds is 1. The predicted molar refractivity (Wildman–Crippen MR) is 52.5 cm³/mol. The molecule has 0 atom stereocenters. The van der Waals surface area contributed by atoms with Crippen LogP contribution in [-0.2, 0) is 0 Å². The van der Waals surface area contributed by atoms with E-state index in [-0.39, 0.29) is 5.78 Å². The van der Waals surface area contributed by atoms with E-state index in [9.17, 15) is 4.79 Å². The molecule has 4 heteroatoms. The third-order valence-corrected chi connectivity index (χ3v) is 3.10. The van der Waals surface area contributed by atoms with E-state index in [1.54, 1.807) is 18.3 Å². The second-order valence-corrected chi connectivity index (χ2v) is 3.97. The number of thiazole rings is 1. The lowest BCUT2D eigenvalue weighted by atomic mass is 10.2. The molecule has 0 aliphatic rings. The molecule has 68 valence electrons. The maximum atomic E-state index is 11.3. The van der Waals surface area contributed by atoms with Crippen LogP contribution in [0.15, 0.2) is 5.38 Å². The average Bonchev–Trinajstić information content (AvgIpc) is 2.51. The van der Waals surface area contributed by atoms with Crippen molar-refractivity contribution >= 4 is 22.0 Å². The van der Waals surface area contributed by atoms with Crippen LogP contribution in [0.25, 0.3) is 4.83 Å². The van der Waals surface area contributed by atoms with Gasteiger partial charge in [-0.3, -0.25) is 4.79 Å². The highest BCUT2D eigenvalue weighted by Crippen LogP contribution is 2.23. The first-order valence-corrected chi connectivity index (χ1v) is 4.93. The Bertz CT molecular complexity index is 481. The van der Waals surface area contributed by atoms with Gasteiger partial charge in [-0.2, -0.15) is 5.10 Å². The number of aryl methyl sites for hydroxylation is 2. The van der Waals surface area contributed by atoms with Crippen molar-refractivity contribution in [3.05, 3.63) is 22.3 Å². The Morgan fingerprint density at radius 2 is 2.23 bits per heavy atom. The Balaban J connectivity index is 2.86. The van der Waals surface area contributed by atoms with E-state index in [0.717, 1.165) is 21.8 Å². The topological polar surface area (TPSA) is 34.4 Å². The summed E-state index contributed by atoms with van der Waals surface area (Å²) in [5, 5.41) is 6.31. The van der Waals surface area contributed by atoms with Crippen LogP contribution in [0.1, 0.15) is 28.7 Å². The van der Waals surface area contributed by atoms with Gasteiger partial charge in [0.15, 0.2) is 5.78 Å². The Morgan fingerprint density at radius 1 is 1.54 bits per heavy atom. The molecule has 0 radical (unpaired) electrons. The van der Waals surface area contributed by atoms with E-state index in [0.29, 0.717) is 0 Å². The zero-order chi connectivity index (χ0) is 9.59. The molecule has 0 N–H and O–H groups in total. The molecule has 0 amide bonds. The van der Waals surface area contributed by atoms with Gasteiger partial charge in [-0.15, -0.1) is 11.3 Å². The van der Waals surface area contributed by atoms with Crippen molar-refractivity contribution in [2.24, 2.45) is 0 Å². The monoisotopic (exact) mass is 194 g/mol. The Labute approximate surface area is 80.0 Å². The number of hydrogen-bond acceptors (Lipinski definition) is 3. The van der Waals surface area contributed by atoms with Crippen molar-refractivity contribution in [2.45, 2.75) is 20.8 Å². The Morgan fingerprint density at radius 3 is 2.85 bits per heavy atom. The molecule has 0 bridgehead atoms. The summed E-state index contributed by atoms with van der Waals surface area (Å²) in [4.78, 5) is 12.3. The van der Waals surface area contributed by atoms with Gasteiger partial charge in [0.05, 0.1) is 17.0 Å². The molecule has 0 fully saturated rings. The number of hydrogen-bond donors (Lipinski definition) is 0. The summed E-state index contributed by atoms with van der Waals surface area (Å²) in [7, 11) is 0. The second kappa shape index (κ2) is 2.67. The summed E-state index contributed by atoms with van der Waals surface area (Å²) in [6, 6.07) is 0. The third kappa shape index (κ3) is 1.09. The minimum Gasteiger partial charge on any atom is -0.294 e. The van der Waals surface area contributed by atoms with Crippen LogP contribution in [0, 0.1) is 13.8 Å². The molecule has 2 aromatic heterocycles. The molecule has 0 saturated heterocycles. The first kappa shape index (κ1) is 8.44. The van der Waals surface area contributed by atoms with Gasteiger partial charge in [0, 0.05) is 5.38 Å². The highest BCUT2D eigenvalue weighted by molar-refractivity contribution is 7.16. The van der Waals surface area contributed by atoms with Crippen LogP contribution < -0.4 is 0 Å². The SMILES string of the molecule is CC(=O)c1c(C)nn2c(C)csc12. The molecule has 0 spiro atoms. The van der Waals surface area contributed by atoms with Crippen molar-refractivity contribution in [1.29, 1.82) is 0 Å². The number of ketones is 1. The molecule has 2 rings (SSSR count). The maximum Gasteiger partial charge on any atom is 0.164 e. The fourth-order valence-corrected chi connectivity index (χ4v) is 2.53. The quantitative estimate of drug-likeness (QED) is 0.652. The van der Waals surface area contributed by atoms with Crippen LogP contribution in [0.3, 0.4) is 0 Å². The first-order valence-electron chi connectivity index (χ1n) is 4.05. The van der Waals surface area contributed by atoms with Gasteiger partial charge in [0.1, 0.15) is 4.83 Å². The summed E-state index contributed by atoms with van der Waals surface area (Å²) >= 11 is 1.57. The number of carbonyl (C=O) groups excluding carboxylic acids is 1. The highest BCUT2D eigenvalue weighted by atomic mass is 32.1. The first-order chi connectivity index (χ1) is 6.11. The van der Waals surface area contributed by atoms with Gasteiger partial charge < -0.3 is 0 Å². The Hall–Kier alpha value is -1.16. The van der Waals surface area contributed by atoms with Gasteiger partial charge in [0.2, 0.25) is 0 Å². The van der Waals surface area contributed by atoms with Crippen molar-refractivity contribution < 1.29 is 4.79 Å². The second-order valence-electron chi connectivity index (χ2n) is 3.11. The number of nitrogens with zero attached hydrogens (tertiary/aromatic N) is 2. The molecule has 3 nitrogen and oxygen atoms in total. The van der Waals surface area contributed by atoms with Crippen LogP contribution in [0.5, 0.6) is 0 Å². The number of Topliss-reactive ketones (excluding diaryl/α,β-unsaturated/α-hetero) is 1. The van der Waals surface area contributed by atoms with E-state index in [4.69, 9.17) is 0 Å². The molecule has 2 heterocycles. The van der Waals surface area contributed by atoms with E-state index >= 15 is 0 Å². The summed E-state index contributed by atoms with van der Waals surface area (Å²) in [6.07, 6.45) is 0. The average molecular weight is 194 g/mol. The fourth-order valence-electron chi connectivity index (χ4n) is 1.45. The van der Waals surface area contributed by atoms with Crippen molar-refractivity contribution in [3.63, 3.8) is 0 Å². The number of carbonyl (C=O) groups is 1. The van der Waals surface area contributed by atoms with Gasteiger partial charge >= 0.3 is 0 Å². The van der Waals surface area contributed by atoms with Gasteiger partial charge in [-0.25, -0.2) is 4.52 Å². The molecule has 0 saturated carbocycles. The molecule has 0 unspecified atom stereocenters. The zero-order valence-electron chi connectivity index (χ0n) is 7.79. The zero-order valence-corrected chi connectivity index (χ0v) is 8.60. The molecule has 0 aliphatic carbocycles. The predicted octanol–water partition coefficient (Wildman–Crippen LogP) is 2.22. The minimum atomic E-state index is 0.0920. The van der Waals surface area contributed by atoms with Crippen LogP contribution in [0.4, 0.5) is 0 Å². The summed E-state index contributed by atoms with van der Waals surface area (Å²) < 4.78 is 1.83. The number of fused-ring (bicyclic) bond motifs is 1. The van der Waals surface area contributed by atoms with E-state index in [1.165, 1.54) is 0 Å². The molecule has 2 aromatic rings. The molecular weight excluding hydrogens is 184 g/mol. The fraction of sp³-hybridized carbons (Fsp3) is 0.333. The summed E-state index contributed by atoms with van der Waals surface area (Å²) in [5.41, 5.74) is 2.66. The third-order valence-electron chi connectivity index (χ3n) is 2.05. The summed E-state index contributed by atoms with van der Waals surface area (Å²) in [6.45, 7) is 5.44. The summed E-state index contributed by atoms with van der Waals surface area (Å²) in [5.74, 6) is 0.0920. The molecule has 0 aliphatic heterocycles. The van der Waals surface area contributed by atoms with E-state index < -0.39 is 0 Å². The Kier molecular flexibility index (Phi) is 1.73. The lowest BCUT2D eigenvalue weighted by Gasteiger charge is -1.88. The van der Waals surface area contributed by atoms with Gasteiger partial charge in [-0.1, -0.05) is 0 Å². The van der Waals surface area contributed by atoms with Crippen molar-refractivity contribution in [3.8, 4) is 0 Å². The minimum absolute atomic E-state index is 0.0920. The van der Waals surface area contributed by atoms with Crippen molar-refractivity contribution in [1.82, 2.24) is 9.61 Å². The van der Waals surface area contributed by atoms with Crippen LogP contribution in [-0.4, -0.2) is 15.4 Å². The lowest BCUT2D eigenvalue weighted by molar-refractivity contribution is 0.101. The van der Waals surface area contributed by atoms with E-state index in [1.807, 2.05) is 23.7 Å². The number of aromatic nitrogens is 2. The van der Waals surface area contributed by atoms with Crippen LogP contribution in [0.2, 0.25) is 0 Å². The molecular formula is C9H10N2OS. The van der Waals surface area contributed by atoms with Gasteiger partial charge in [0.25, 0.3) is 0 Å². The van der Waals surface area contributed by atoms with Gasteiger partial charge in [-0.05, 0) is 20.8 Å². The largest absolute Gasteiger partial charge is 0.294 e.